The fourth-order valence-electron chi connectivity index (χ4n) is 9.68. The summed E-state index contributed by atoms with van der Waals surface area (Å²) in [5.74, 6) is 0.640. The van der Waals surface area contributed by atoms with Crippen molar-refractivity contribution in [2.45, 2.75) is 12.8 Å². The molecule has 0 N–H and O–H groups in total. The fourth-order valence-corrected chi connectivity index (χ4v) is 9.68. The summed E-state index contributed by atoms with van der Waals surface area (Å²) in [6.07, 6.45) is 6.59. The summed E-state index contributed by atoms with van der Waals surface area (Å²) in [5, 5.41) is 7.80. The zero-order chi connectivity index (χ0) is 40.0. The van der Waals surface area contributed by atoms with Gasteiger partial charge in [-0.25, -0.2) is 9.97 Å². The molecular weight excluding hydrogens is 747 g/mol. The summed E-state index contributed by atoms with van der Waals surface area (Å²) in [6, 6.07) is 61.9. The van der Waals surface area contributed by atoms with E-state index in [0.717, 1.165) is 112 Å². The first-order valence-corrected chi connectivity index (χ1v) is 20.9. The van der Waals surface area contributed by atoms with Gasteiger partial charge in [0.2, 0.25) is 5.95 Å². The van der Waals surface area contributed by atoms with Gasteiger partial charge in [-0.1, -0.05) is 146 Å². The Balaban J connectivity index is 1.06. The van der Waals surface area contributed by atoms with E-state index in [1.807, 2.05) is 30.3 Å². The maximum atomic E-state index is 6.55. The van der Waals surface area contributed by atoms with E-state index in [2.05, 4.69) is 162 Å². The van der Waals surface area contributed by atoms with Crippen LogP contribution in [0.3, 0.4) is 0 Å². The van der Waals surface area contributed by atoms with Gasteiger partial charge >= 0.3 is 0 Å². The SMILES string of the molecule is C1=C(c2ccc3oc4ccccc4c3c2)C=C(c2cccc3c4cc(-c5cccc6c5oc5ccccc56)ccc4n(-c4nc(-c5ccccc5)c5ccccc5n4)c23)CC1. The molecule has 1 aliphatic rings. The fraction of sp³-hybridized carbons (Fsp3) is 0.0357. The number of furan rings is 2. The van der Waals surface area contributed by atoms with Crippen LogP contribution in [0.15, 0.2) is 197 Å². The molecule has 0 spiro atoms. The molecule has 13 rings (SSSR count). The number of hydrogen-bond donors (Lipinski definition) is 0. The van der Waals surface area contributed by atoms with E-state index in [-0.39, 0.29) is 0 Å². The molecule has 0 saturated carbocycles. The first kappa shape index (κ1) is 33.9. The van der Waals surface area contributed by atoms with Crippen molar-refractivity contribution in [3.8, 4) is 28.3 Å². The second-order valence-corrected chi connectivity index (χ2v) is 16.0. The first-order valence-electron chi connectivity index (χ1n) is 20.9. The number of rotatable bonds is 5. The summed E-state index contributed by atoms with van der Waals surface area (Å²) in [6.45, 7) is 0. The monoisotopic (exact) mass is 781 g/mol. The van der Waals surface area contributed by atoms with E-state index in [0.29, 0.717) is 5.95 Å². The highest BCUT2D eigenvalue weighted by molar-refractivity contribution is 6.15. The molecule has 0 fully saturated rings. The minimum Gasteiger partial charge on any atom is -0.456 e. The van der Waals surface area contributed by atoms with Gasteiger partial charge in [-0.2, -0.15) is 0 Å². The Labute approximate surface area is 350 Å². The van der Waals surface area contributed by atoms with Gasteiger partial charge in [-0.15, -0.1) is 0 Å². The van der Waals surface area contributed by atoms with Gasteiger partial charge in [0.05, 0.1) is 22.2 Å². The Hall–Kier alpha value is -8.02. The van der Waals surface area contributed by atoms with Gasteiger partial charge in [0.25, 0.3) is 0 Å². The van der Waals surface area contributed by atoms with Crippen LogP contribution in [-0.2, 0) is 0 Å². The van der Waals surface area contributed by atoms with Crippen molar-refractivity contribution in [3.05, 3.63) is 199 Å². The van der Waals surface area contributed by atoms with Gasteiger partial charge in [-0.05, 0) is 77.6 Å². The van der Waals surface area contributed by atoms with E-state index in [1.54, 1.807) is 0 Å². The van der Waals surface area contributed by atoms with Gasteiger partial charge < -0.3 is 8.83 Å². The van der Waals surface area contributed by atoms with Crippen molar-refractivity contribution in [3.63, 3.8) is 0 Å². The van der Waals surface area contributed by atoms with Gasteiger partial charge in [0.1, 0.15) is 22.3 Å². The van der Waals surface area contributed by atoms with Gasteiger partial charge in [0, 0.05) is 54.4 Å². The van der Waals surface area contributed by atoms with Crippen molar-refractivity contribution in [2.24, 2.45) is 0 Å². The molecule has 5 nitrogen and oxygen atoms in total. The zero-order valence-electron chi connectivity index (χ0n) is 33.0. The number of nitrogens with zero attached hydrogens (tertiary/aromatic N) is 3. The molecule has 0 saturated heterocycles. The molecule has 12 aromatic rings. The average molecular weight is 782 g/mol. The molecule has 5 heteroatoms. The van der Waals surface area contributed by atoms with Crippen LogP contribution in [0.1, 0.15) is 24.0 Å². The van der Waals surface area contributed by atoms with Crippen LogP contribution >= 0.6 is 0 Å². The quantitative estimate of drug-likeness (QED) is 0.174. The molecule has 4 aromatic heterocycles. The lowest BCUT2D eigenvalue weighted by Gasteiger charge is -2.18. The molecule has 1 aliphatic carbocycles. The predicted molar refractivity (Wildman–Crippen MR) is 251 cm³/mol. The summed E-state index contributed by atoms with van der Waals surface area (Å²) >= 11 is 0. The largest absolute Gasteiger partial charge is 0.456 e. The van der Waals surface area contributed by atoms with Crippen molar-refractivity contribution >= 4 is 87.7 Å². The maximum absolute atomic E-state index is 6.55. The molecule has 0 aliphatic heterocycles. The number of hydrogen-bond acceptors (Lipinski definition) is 4. The maximum Gasteiger partial charge on any atom is 0.235 e. The van der Waals surface area contributed by atoms with Crippen LogP contribution < -0.4 is 0 Å². The summed E-state index contributed by atoms with van der Waals surface area (Å²) in [5.41, 5.74) is 15.6. The number of fused-ring (bicyclic) bond motifs is 10. The molecule has 286 valence electrons. The van der Waals surface area contributed by atoms with E-state index >= 15 is 0 Å². The lowest BCUT2D eigenvalue weighted by atomic mass is 9.89. The molecule has 0 atom stereocenters. The smallest absolute Gasteiger partial charge is 0.235 e. The van der Waals surface area contributed by atoms with E-state index in [1.165, 1.54) is 22.3 Å². The third-order valence-electron chi connectivity index (χ3n) is 12.5. The Morgan fingerprint density at radius 3 is 2.00 bits per heavy atom. The Morgan fingerprint density at radius 1 is 0.459 bits per heavy atom. The molecular formula is C56H35N3O2. The zero-order valence-corrected chi connectivity index (χ0v) is 33.0. The minimum atomic E-state index is 0.640. The summed E-state index contributed by atoms with van der Waals surface area (Å²) in [7, 11) is 0. The molecule has 8 aromatic carbocycles. The third kappa shape index (κ3) is 5.27. The third-order valence-corrected chi connectivity index (χ3v) is 12.5. The van der Waals surface area contributed by atoms with Crippen LogP contribution in [0.25, 0.3) is 116 Å². The second kappa shape index (κ2) is 13.2. The highest BCUT2D eigenvalue weighted by Crippen LogP contribution is 2.43. The van der Waals surface area contributed by atoms with Crippen molar-refractivity contribution in [2.75, 3.05) is 0 Å². The summed E-state index contributed by atoms with van der Waals surface area (Å²) in [4.78, 5) is 10.8. The van der Waals surface area contributed by atoms with E-state index in [9.17, 15) is 0 Å². The van der Waals surface area contributed by atoms with Crippen LogP contribution in [0.2, 0.25) is 0 Å². The normalized spacial score (nSPS) is 13.3. The molecule has 0 unspecified atom stereocenters. The second-order valence-electron chi connectivity index (χ2n) is 16.0. The molecule has 0 radical (unpaired) electrons. The lowest BCUT2D eigenvalue weighted by Crippen LogP contribution is -2.05. The van der Waals surface area contributed by atoms with Crippen LogP contribution in [0.5, 0.6) is 0 Å². The molecule has 4 heterocycles. The number of para-hydroxylation sites is 5. The predicted octanol–water partition coefficient (Wildman–Crippen LogP) is 15.1. The summed E-state index contributed by atoms with van der Waals surface area (Å²) < 4.78 is 15.0. The van der Waals surface area contributed by atoms with E-state index < -0.39 is 0 Å². The van der Waals surface area contributed by atoms with E-state index in [4.69, 9.17) is 18.8 Å². The highest BCUT2D eigenvalue weighted by Gasteiger charge is 2.23. The van der Waals surface area contributed by atoms with Crippen molar-refractivity contribution < 1.29 is 8.83 Å². The standard InChI is InChI=1S/C56H35N3O2/c1-2-13-34(14-3-1)53-45-19-4-7-24-48(45)57-56(58-53)59-49-29-27-38(40-21-12-23-44-41-17-5-9-26-51(41)61-55(40)44)33-46(49)43-22-11-20-39(54(43)59)37-16-10-15-35(31-37)36-28-30-52-47(32-36)42-18-6-8-25-50(42)60-52/h1-9,11-15,17-33H,10,16H2. The number of benzene rings is 8. The molecule has 0 bridgehead atoms. The average Bonchev–Trinajstić information content (AvgIpc) is 4.01. The van der Waals surface area contributed by atoms with Crippen LogP contribution in [0.4, 0.5) is 0 Å². The van der Waals surface area contributed by atoms with Crippen LogP contribution in [0, 0.1) is 0 Å². The number of aromatic nitrogens is 3. The minimum absolute atomic E-state index is 0.640. The van der Waals surface area contributed by atoms with Crippen LogP contribution in [-0.4, -0.2) is 14.5 Å². The number of allylic oxidation sites excluding steroid dienone is 4. The topological polar surface area (TPSA) is 57.0 Å². The molecule has 0 amide bonds. The first-order chi connectivity index (χ1) is 30.2. The van der Waals surface area contributed by atoms with Gasteiger partial charge in [-0.3, -0.25) is 4.57 Å². The Kier molecular flexibility index (Phi) is 7.36. The molecule has 61 heavy (non-hydrogen) atoms. The Morgan fingerprint density at radius 2 is 1.13 bits per heavy atom. The van der Waals surface area contributed by atoms with Crippen molar-refractivity contribution in [1.82, 2.24) is 14.5 Å². The lowest BCUT2D eigenvalue weighted by molar-refractivity contribution is 0.669. The van der Waals surface area contributed by atoms with Gasteiger partial charge in [0.15, 0.2) is 0 Å². The highest BCUT2D eigenvalue weighted by atomic mass is 16.3. The Bertz CT molecular complexity index is 3820. The van der Waals surface area contributed by atoms with Crippen molar-refractivity contribution in [1.29, 1.82) is 0 Å².